The number of halogens is 1. The summed E-state index contributed by atoms with van der Waals surface area (Å²) < 4.78 is 0. The summed E-state index contributed by atoms with van der Waals surface area (Å²) in [5, 5.41) is 10.5. The Bertz CT molecular complexity index is 782. The molecule has 0 saturated carbocycles. The molecule has 3 rings (SSSR count). The first-order valence-corrected chi connectivity index (χ1v) is 6.45. The molecule has 6 heteroatoms. The number of aromatic hydroxyl groups is 1. The van der Waals surface area contributed by atoms with Gasteiger partial charge in [0.05, 0.1) is 11.1 Å². The molecule has 5 nitrogen and oxygen atoms in total. The predicted octanol–water partition coefficient (Wildman–Crippen LogP) is 3.05. The van der Waals surface area contributed by atoms with E-state index in [9.17, 15) is 5.11 Å². The number of rotatable bonds is 2. The number of hydrogen-bond donors (Lipinski definition) is 2. The monoisotopic (exact) mass is 288 g/mol. The zero-order valence-electron chi connectivity index (χ0n) is 11.1. The van der Waals surface area contributed by atoms with Crippen molar-refractivity contribution in [1.29, 1.82) is 0 Å². The molecule has 3 aromatic rings. The smallest absolute Gasteiger partial charge is 0.180 e. The van der Waals surface area contributed by atoms with Gasteiger partial charge in [-0.3, -0.25) is 0 Å². The highest BCUT2D eigenvalue weighted by Crippen LogP contribution is 2.31. The number of H-pyrrole nitrogens is 1. The molecule has 2 aromatic heterocycles. The fourth-order valence-electron chi connectivity index (χ4n) is 1.96. The van der Waals surface area contributed by atoms with Gasteiger partial charge in [0.1, 0.15) is 17.4 Å². The lowest BCUT2D eigenvalue weighted by Gasteiger charge is -2.09. The van der Waals surface area contributed by atoms with Crippen LogP contribution in [0.25, 0.3) is 22.6 Å². The zero-order chi connectivity index (χ0) is 14.3. The normalized spacial score (nSPS) is 10.9. The van der Waals surface area contributed by atoms with Crippen LogP contribution in [0.5, 0.6) is 5.75 Å². The van der Waals surface area contributed by atoms with Gasteiger partial charge < -0.3 is 15.0 Å². The highest BCUT2D eigenvalue weighted by molar-refractivity contribution is 6.30. The van der Waals surface area contributed by atoms with E-state index in [1.165, 1.54) is 0 Å². The Hall–Kier alpha value is -2.27. The van der Waals surface area contributed by atoms with E-state index in [4.69, 9.17) is 11.6 Å². The van der Waals surface area contributed by atoms with Crippen LogP contribution in [0.3, 0.4) is 0 Å². The van der Waals surface area contributed by atoms with Crippen molar-refractivity contribution in [2.24, 2.45) is 0 Å². The molecule has 0 fully saturated rings. The van der Waals surface area contributed by atoms with Crippen LogP contribution < -0.4 is 4.90 Å². The van der Waals surface area contributed by atoms with Crippen LogP contribution in [-0.2, 0) is 0 Å². The molecule has 1 aromatic carbocycles. The number of nitrogens with zero attached hydrogens (tertiary/aromatic N) is 3. The third-order valence-corrected chi connectivity index (χ3v) is 3.24. The topological polar surface area (TPSA) is 65.0 Å². The number of fused-ring (bicyclic) bond motifs is 1. The molecule has 0 amide bonds. The van der Waals surface area contributed by atoms with Crippen molar-refractivity contribution in [3.05, 3.63) is 35.4 Å². The Balaban J connectivity index is 2.15. The number of phenols is 1. The highest BCUT2D eigenvalue weighted by Gasteiger charge is 2.11. The maximum absolute atomic E-state index is 9.91. The van der Waals surface area contributed by atoms with Gasteiger partial charge in [-0.25, -0.2) is 9.97 Å². The highest BCUT2D eigenvalue weighted by atomic mass is 35.5. The van der Waals surface area contributed by atoms with Crippen molar-refractivity contribution in [3.63, 3.8) is 0 Å². The first kappa shape index (κ1) is 12.7. The molecule has 0 spiro atoms. The van der Waals surface area contributed by atoms with E-state index in [2.05, 4.69) is 15.0 Å². The minimum atomic E-state index is 0.126. The van der Waals surface area contributed by atoms with Crippen molar-refractivity contribution < 1.29 is 5.11 Å². The summed E-state index contributed by atoms with van der Waals surface area (Å²) in [5.41, 5.74) is 1.97. The molecule has 0 radical (unpaired) electrons. The van der Waals surface area contributed by atoms with Gasteiger partial charge in [0, 0.05) is 19.1 Å². The zero-order valence-corrected chi connectivity index (χ0v) is 11.8. The number of phenolic OH excluding ortho intramolecular Hbond substituents is 1. The van der Waals surface area contributed by atoms with Crippen LogP contribution >= 0.6 is 11.6 Å². The van der Waals surface area contributed by atoms with Crippen LogP contribution in [0.15, 0.2) is 30.3 Å². The molecule has 0 aliphatic carbocycles. The van der Waals surface area contributed by atoms with Gasteiger partial charge in [0.2, 0.25) is 0 Å². The first-order valence-electron chi connectivity index (χ1n) is 6.07. The lowest BCUT2D eigenvalue weighted by atomic mass is 10.2. The minimum absolute atomic E-state index is 0.126. The molecule has 2 heterocycles. The summed E-state index contributed by atoms with van der Waals surface area (Å²) in [5.74, 6) is 1.50. The Morgan fingerprint density at radius 3 is 2.70 bits per heavy atom. The number of aromatic amines is 1. The van der Waals surface area contributed by atoms with Crippen LogP contribution in [-0.4, -0.2) is 34.2 Å². The van der Waals surface area contributed by atoms with Gasteiger partial charge in [-0.2, -0.15) is 0 Å². The van der Waals surface area contributed by atoms with E-state index >= 15 is 0 Å². The quantitative estimate of drug-likeness (QED) is 0.761. The number of hydrogen-bond acceptors (Lipinski definition) is 4. The molecule has 0 atom stereocenters. The molecule has 0 saturated heterocycles. The van der Waals surface area contributed by atoms with Gasteiger partial charge in [0.25, 0.3) is 0 Å². The van der Waals surface area contributed by atoms with Crippen molar-refractivity contribution in [3.8, 4) is 17.1 Å². The van der Waals surface area contributed by atoms with E-state index in [0.29, 0.717) is 22.1 Å². The van der Waals surface area contributed by atoms with E-state index in [0.717, 1.165) is 11.3 Å². The summed E-state index contributed by atoms with van der Waals surface area (Å²) in [4.78, 5) is 13.9. The van der Waals surface area contributed by atoms with E-state index in [1.807, 2.05) is 31.1 Å². The van der Waals surface area contributed by atoms with Crippen molar-refractivity contribution in [1.82, 2.24) is 15.0 Å². The van der Waals surface area contributed by atoms with Gasteiger partial charge in [-0.05, 0) is 30.3 Å². The molecule has 2 N–H and O–H groups in total. The molecular formula is C14H13ClN4O. The van der Waals surface area contributed by atoms with E-state index < -0.39 is 0 Å². The lowest BCUT2D eigenvalue weighted by molar-refractivity contribution is 0.477. The molecule has 0 unspecified atom stereocenters. The van der Waals surface area contributed by atoms with Crippen LogP contribution in [0.2, 0.25) is 5.02 Å². The third kappa shape index (κ3) is 2.16. The second-order valence-corrected chi connectivity index (χ2v) is 5.12. The van der Waals surface area contributed by atoms with E-state index in [-0.39, 0.29) is 5.75 Å². The standard InChI is InChI=1S/C14H13ClN4O/c1-19(2)12-6-4-10-14(17-12)18-13(16-10)9-7-8(15)3-5-11(9)20/h3-7,20H,1-2H3,(H,16,17,18). The van der Waals surface area contributed by atoms with Crippen LogP contribution in [0.4, 0.5) is 5.82 Å². The summed E-state index contributed by atoms with van der Waals surface area (Å²) >= 11 is 5.96. The second-order valence-electron chi connectivity index (χ2n) is 4.68. The molecule has 102 valence electrons. The number of aromatic nitrogens is 3. The van der Waals surface area contributed by atoms with Gasteiger partial charge in [-0.1, -0.05) is 11.6 Å². The summed E-state index contributed by atoms with van der Waals surface area (Å²) in [6, 6.07) is 8.66. The SMILES string of the molecule is CN(C)c1ccc2[nH]c(-c3cc(Cl)ccc3O)nc2n1. The Kier molecular flexibility index (Phi) is 2.99. The third-order valence-electron chi connectivity index (χ3n) is 3.00. The number of anilines is 1. The second kappa shape index (κ2) is 4.68. The fraction of sp³-hybridized carbons (Fsp3) is 0.143. The Labute approximate surface area is 120 Å². The Morgan fingerprint density at radius 2 is 1.95 bits per heavy atom. The van der Waals surface area contributed by atoms with Crippen LogP contribution in [0.1, 0.15) is 0 Å². The summed E-state index contributed by atoms with van der Waals surface area (Å²) in [6.07, 6.45) is 0. The molecular weight excluding hydrogens is 276 g/mol. The maximum Gasteiger partial charge on any atom is 0.180 e. The predicted molar refractivity (Wildman–Crippen MR) is 80.3 cm³/mol. The maximum atomic E-state index is 9.91. The average Bonchev–Trinajstić information content (AvgIpc) is 2.83. The van der Waals surface area contributed by atoms with E-state index in [1.54, 1.807) is 18.2 Å². The van der Waals surface area contributed by atoms with Crippen molar-refractivity contribution >= 4 is 28.6 Å². The molecule has 20 heavy (non-hydrogen) atoms. The number of pyridine rings is 1. The number of nitrogens with one attached hydrogen (secondary N) is 1. The van der Waals surface area contributed by atoms with Gasteiger partial charge in [0.15, 0.2) is 5.65 Å². The minimum Gasteiger partial charge on any atom is -0.507 e. The number of benzene rings is 1. The lowest BCUT2D eigenvalue weighted by Crippen LogP contribution is -2.10. The Morgan fingerprint density at radius 1 is 1.15 bits per heavy atom. The molecule has 0 bridgehead atoms. The largest absolute Gasteiger partial charge is 0.507 e. The first-order chi connectivity index (χ1) is 9.54. The van der Waals surface area contributed by atoms with Gasteiger partial charge >= 0.3 is 0 Å². The van der Waals surface area contributed by atoms with Crippen LogP contribution in [0, 0.1) is 0 Å². The summed E-state index contributed by atoms with van der Waals surface area (Å²) in [7, 11) is 3.84. The molecule has 0 aliphatic rings. The van der Waals surface area contributed by atoms with Gasteiger partial charge in [-0.15, -0.1) is 0 Å². The van der Waals surface area contributed by atoms with Crippen molar-refractivity contribution in [2.75, 3.05) is 19.0 Å². The fourth-order valence-corrected chi connectivity index (χ4v) is 2.13. The van der Waals surface area contributed by atoms with Crippen molar-refractivity contribution in [2.45, 2.75) is 0 Å². The average molecular weight is 289 g/mol. The number of imidazole rings is 1. The molecule has 0 aliphatic heterocycles. The summed E-state index contributed by atoms with van der Waals surface area (Å²) in [6.45, 7) is 0.